The molecule has 1 aliphatic heterocycles. The van der Waals surface area contributed by atoms with Crippen molar-refractivity contribution >= 4 is 11.9 Å². The van der Waals surface area contributed by atoms with Crippen molar-refractivity contribution in [2.45, 2.75) is 39.2 Å². The SMILES string of the molecule is CCC1=NC(C)(C)CC(=O)O1. The largest absolute Gasteiger partial charge is 0.412 e. The van der Waals surface area contributed by atoms with Crippen LogP contribution in [-0.4, -0.2) is 17.4 Å². The van der Waals surface area contributed by atoms with E-state index in [1.54, 1.807) is 0 Å². The molecule has 0 radical (unpaired) electrons. The Balaban J connectivity index is 2.82. The molecule has 0 amide bonds. The summed E-state index contributed by atoms with van der Waals surface area (Å²) in [5.41, 5.74) is -0.263. The second kappa shape index (κ2) is 2.64. The zero-order chi connectivity index (χ0) is 8.48. The predicted octanol–water partition coefficient (Wildman–Crippen LogP) is 1.52. The summed E-state index contributed by atoms with van der Waals surface area (Å²) in [5, 5.41) is 0. The number of nitrogens with zero attached hydrogens (tertiary/aromatic N) is 1. The van der Waals surface area contributed by atoms with Gasteiger partial charge in [0.15, 0.2) is 5.90 Å². The standard InChI is InChI=1S/C8H13NO2/c1-4-6-9-8(2,3)5-7(10)11-6/h4-5H2,1-3H3. The normalized spacial score (nSPS) is 22.5. The first-order valence-electron chi connectivity index (χ1n) is 3.83. The van der Waals surface area contributed by atoms with E-state index in [0.29, 0.717) is 18.7 Å². The van der Waals surface area contributed by atoms with Gasteiger partial charge < -0.3 is 4.74 Å². The molecule has 0 aromatic heterocycles. The summed E-state index contributed by atoms with van der Waals surface area (Å²) in [6, 6.07) is 0. The number of rotatable bonds is 1. The number of cyclic esters (lactones) is 1. The average Bonchev–Trinajstić information content (AvgIpc) is 1.83. The Labute approximate surface area is 66.5 Å². The molecular weight excluding hydrogens is 142 g/mol. The molecule has 0 aliphatic carbocycles. The van der Waals surface area contributed by atoms with Crippen molar-refractivity contribution in [3.8, 4) is 0 Å². The van der Waals surface area contributed by atoms with Crippen LogP contribution in [0.15, 0.2) is 4.99 Å². The van der Waals surface area contributed by atoms with Crippen LogP contribution in [0, 0.1) is 0 Å². The topological polar surface area (TPSA) is 38.7 Å². The Kier molecular flexibility index (Phi) is 1.98. The van der Waals surface area contributed by atoms with E-state index < -0.39 is 0 Å². The van der Waals surface area contributed by atoms with Crippen LogP contribution < -0.4 is 0 Å². The molecule has 0 saturated carbocycles. The van der Waals surface area contributed by atoms with E-state index in [0.717, 1.165) is 0 Å². The summed E-state index contributed by atoms with van der Waals surface area (Å²) >= 11 is 0. The van der Waals surface area contributed by atoms with Crippen LogP contribution in [0.25, 0.3) is 0 Å². The third-order valence-corrected chi connectivity index (χ3v) is 1.54. The predicted molar refractivity (Wildman–Crippen MR) is 42.5 cm³/mol. The summed E-state index contributed by atoms with van der Waals surface area (Å²) in [7, 11) is 0. The second-order valence-corrected chi connectivity index (χ2v) is 3.32. The average molecular weight is 155 g/mol. The molecular formula is C8H13NO2. The van der Waals surface area contributed by atoms with Crippen molar-refractivity contribution in [2.75, 3.05) is 0 Å². The molecule has 0 spiro atoms. The maximum Gasteiger partial charge on any atom is 0.314 e. The Morgan fingerprint density at radius 2 is 2.27 bits per heavy atom. The van der Waals surface area contributed by atoms with E-state index in [1.165, 1.54) is 0 Å². The van der Waals surface area contributed by atoms with Crippen molar-refractivity contribution in [3.05, 3.63) is 0 Å². The van der Waals surface area contributed by atoms with Crippen molar-refractivity contribution in [2.24, 2.45) is 4.99 Å². The lowest BCUT2D eigenvalue weighted by Gasteiger charge is -2.24. The number of hydrogen-bond donors (Lipinski definition) is 0. The third kappa shape index (κ3) is 2.03. The summed E-state index contributed by atoms with van der Waals surface area (Å²) in [6.07, 6.45) is 1.08. The number of ether oxygens (including phenoxy) is 1. The van der Waals surface area contributed by atoms with Gasteiger partial charge in [-0.2, -0.15) is 0 Å². The van der Waals surface area contributed by atoms with Gasteiger partial charge in [0.1, 0.15) is 0 Å². The van der Waals surface area contributed by atoms with Crippen LogP contribution in [-0.2, 0) is 9.53 Å². The molecule has 0 bridgehead atoms. The lowest BCUT2D eigenvalue weighted by molar-refractivity contribution is -0.137. The minimum Gasteiger partial charge on any atom is -0.412 e. The first kappa shape index (κ1) is 8.24. The molecule has 0 atom stereocenters. The minimum absolute atomic E-state index is 0.165. The van der Waals surface area contributed by atoms with E-state index in [4.69, 9.17) is 4.74 Å². The fourth-order valence-corrected chi connectivity index (χ4v) is 1.07. The van der Waals surface area contributed by atoms with Gasteiger partial charge in [0.2, 0.25) is 0 Å². The Hall–Kier alpha value is -0.860. The number of carbonyl (C=O) groups excluding carboxylic acids is 1. The quantitative estimate of drug-likeness (QED) is 0.538. The summed E-state index contributed by atoms with van der Waals surface area (Å²) < 4.78 is 4.88. The van der Waals surface area contributed by atoms with E-state index >= 15 is 0 Å². The molecule has 1 heterocycles. The molecule has 0 aromatic rings. The first-order valence-corrected chi connectivity index (χ1v) is 3.83. The van der Waals surface area contributed by atoms with Crippen LogP contribution in [0.5, 0.6) is 0 Å². The van der Waals surface area contributed by atoms with Gasteiger partial charge in [0.25, 0.3) is 0 Å². The summed E-state index contributed by atoms with van der Waals surface area (Å²) in [6.45, 7) is 5.79. The Bertz CT molecular complexity index is 206. The number of carbonyl (C=O) groups is 1. The van der Waals surface area contributed by atoms with E-state index in [9.17, 15) is 4.79 Å². The fourth-order valence-electron chi connectivity index (χ4n) is 1.07. The van der Waals surface area contributed by atoms with Crippen LogP contribution in [0.2, 0.25) is 0 Å². The van der Waals surface area contributed by atoms with Gasteiger partial charge in [-0.05, 0) is 13.8 Å². The molecule has 62 valence electrons. The van der Waals surface area contributed by atoms with Gasteiger partial charge >= 0.3 is 5.97 Å². The molecule has 3 heteroatoms. The first-order chi connectivity index (χ1) is 5.03. The van der Waals surface area contributed by atoms with E-state index in [2.05, 4.69) is 4.99 Å². The molecule has 0 saturated heterocycles. The van der Waals surface area contributed by atoms with Crippen molar-refractivity contribution in [1.82, 2.24) is 0 Å². The molecule has 1 aliphatic rings. The second-order valence-electron chi connectivity index (χ2n) is 3.32. The third-order valence-electron chi connectivity index (χ3n) is 1.54. The highest BCUT2D eigenvalue weighted by Crippen LogP contribution is 2.20. The zero-order valence-corrected chi connectivity index (χ0v) is 7.18. The molecule has 0 N–H and O–H groups in total. The Morgan fingerprint density at radius 1 is 1.64 bits per heavy atom. The van der Waals surface area contributed by atoms with Gasteiger partial charge in [-0.15, -0.1) is 0 Å². The van der Waals surface area contributed by atoms with Crippen LogP contribution in [0.1, 0.15) is 33.6 Å². The summed E-state index contributed by atoms with van der Waals surface area (Å²) in [4.78, 5) is 15.2. The molecule has 11 heavy (non-hydrogen) atoms. The highest BCUT2D eigenvalue weighted by Gasteiger charge is 2.28. The van der Waals surface area contributed by atoms with Gasteiger partial charge in [-0.3, -0.25) is 4.79 Å². The van der Waals surface area contributed by atoms with E-state index in [-0.39, 0.29) is 11.5 Å². The number of esters is 1. The zero-order valence-electron chi connectivity index (χ0n) is 7.18. The van der Waals surface area contributed by atoms with Crippen LogP contribution in [0.4, 0.5) is 0 Å². The molecule has 0 unspecified atom stereocenters. The van der Waals surface area contributed by atoms with Crippen molar-refractivity contribution < 1.29 is 9.53 Å². The van der Waals surface area contributed by atoms with Crippen LogP contribution in [0.3, 0.4) is 0 Å². The monoisotopic (exact) mass is 155 g/mol. The fraction of sp³-hybridized carbons (Fsp3) is 0.750. The lowest BCUT2D eigenvalue weighted by Crippen LogP contribution is -2.31. The number of aliphatic imine (C=N–C) groups is 1. The highest BCUT2D eigenvalue weighted by molar-refractivity contribution is 5.91. The van der Waals surface area contributed by atoms with Gasteiger partial charge in [0.05, 0.1) is 12.0 Å². The van der Waals surface area contributed by atoms with Gasteiger partial charge in [0, 0.05) is 6.42 Å². The summed E-state index contributed by atoms with van der Waals surface area (Å²) in [5.74, 6) is 0.396. The highest BCUT2D eigenvalue weighted by atomic mass is 16.5. The number of hydrogen-bond acceptors (Lipinski definition) is 3. The molecule has 0 aromatic carbocycles. The minimum atomic E-state index is -0.263. The van der Waals surface area contributed by atoms with Gasteiger partial charge in [-0.1, -0.05) is 6.92 Å². The Morgan fingerprint density at radius 3 is 2.73 bits per heavy atom. The lowest BCUT2D eigenvalue weighted by atomic mass is 10.0. The molecule has 3 nitrogen and oxygen atoms in total. The maximum absolute atomic E-state index is 10.9. The van der Waals surface area contributed by atoms with Crippen molar-refractivity contribution in [1.29, 1.82) is 0 Å². The smallest absolute Gasteiger partial charge is 0.314 e. The molecule has 1 rings (SSSR count). The van der Waals surface area contributed by atoms with Crippen LogP contribution >= 0.6 is 0 Å². The van der Waals surface area contributed by atoms with Gasteiger partial charge in [-0.25, -0.2) is 4.99 Å². The maximum atomic E-state index is 10.9. The molecule has 0 fully saturated rings. The van der Waals surface area contributed by atoms with Crippen molar-refractivity contribution in [3.63, 3.8) is 0 Å². The van der Waals surface area contributed by atoms with E-state index in [1.807, 2.05) is 20.8 Å².